The van der Waals surface area contributed by atoms with Crippen molar-refractivity contribution in [3.05, 3.63) is 0 Å². The van der Waals surface area contributed by atoms with Gasteiger partial charge in [0.2, 0.25) is 5.91 Å². The number of carbonyl (C=O) groups excluding carboxylic acids is 1. The lowest BCUT2D eigenvalue weighted by Crippen LogP contribution is -2.57. The van der Waals surface area contributed by atoms with Crippen molar-refractivity contribution in [3.63, 3.8) is 0 Å². The van der Waals surface area contributed by atoms with E-state index >= 15 is 0 Å². The molecule has 2 aliphatic rings. The van der Waals surface area contributed by atoms with Crippen molar-refractivity contribution < 1.29 is 19.8 Å². The van der Waals surface area contributed by atoms with Gasteiger partial charge < -0.3 is 20.4 Å². The van der Waals surface area contributed by atoms with Crippen LogP contribution in [0.2, 0.25) is 0 Å². The molecular weight excluding hydrogens is 248 g/mol. The molecule has 2 rings (SSSR count). The highest BCUT2D eigenvalue weighted by Gasteiger charge is 2.48. The molecule has 6 nitrogen and oxygen atoms in total. The summed E-state index contributed by atoms with van der Waals surface area (Å²) < 4.78 is 0. The summed E-state index contributed by atoms with van der Waals surface area (Å²) in [6, 6.07) is -0.890. The molecule has 6 heteroatoms. The summed E-state index contributed by atoms with van der Waals surface area (Å²) in [4.78, 5) is 25.3. The molecule has 19 heavy (non-hydrogen) atoms. The van der Waals surface area contributed by atoms with E-state index < -0.39 is 23.7 Å². The van der Waals surface area contributed by atoms with E-state index in [9.17, 15) is 19.8 Å². The summed E-state index contributed by atoms with van der Waals surface area (Å²) in [6.45, 7) is 2.94. The molecule has 2 aliphatic heterocycles. The zero-order chi connectivity index (χ0) is 14.0. The quantitative estimate of drug-likeness (QED) is 0.666. The first-order valence-corrected chi connectivity index (χ1v) is 6.97. The van der Waals surface area contributed by atoms with Crippen LogP contribution in [0.3, 0.4) is 0 Å². The number of hydrogen-bond acceptors (Lipinski definition) is 4. The molecule has 2 saturated heterocycles. The first-order valence-electron chi connectivity index (χ1n) is 6.97. The molecule has 0 aliphatic carbocycles. The lowest BCUT2D eigenvalue weighted by atomic mass is 9.90. The Morgan fingerprint density at radius 2 is 2.21 bits per heavy atom. The highest BCUT2D eigenvalue weighted by Crippen LogP contribution is 2.30. The number of carboxylic acid groups (broad SMARTS) is 1. The number of likely N-dealkylation sites (tertiary alicyclic amines) is 1. The normalized spacial score (nSPS) is 34.7. The molecule has 0 aromatic carbocycles. The molecule has 1 unspecified atom stereocenters. The average Bonchev–Trinajstić information content (AvgIpc) is 2.96. The standard InChI is InChI=1S/C13H22N2O4/c1-2-4-13(5-3-6-14-13)12(19)15-8-9(16)7-10(15)11(17)18/h9-10,14,16H,2-8H2,1H3,(H,17,18)/t9-,10-,13?/m0/s1. The SMILES string of the molecule is CCCC1(C(=O)N2C[C@@H](O)C[C@H]2C(=O)O)CCCN1. The largest absolute Gasteiger partial charge is 0.480 e. The molecule has 0 radical (unpaired) electrons. The minimum absolute atomic E-state index is 0.128. The van der Waals surface area contributed by atoms with Crippen LogP contribution in [0.5, 0.6) is 0 Å². The van der Waals surface area contributed by atoms with Gasteiger partial charge in [0, 0.05) is 13.0 Å². The van der Waals surface area contributed by atoms with E-state index in [-0.39, 0.29) is 18.9 Å². The molecular formula is C13H22N2O4. The molecule has 2 heterocycles. The van der Waals surface area contributed by atoms with Crippen LogP contribution >= 0.6 is 0 Å². The van der Waals surface area contributed by atoms with E-state index in [0.717, 1.165) is 25.8 Å². The van der Waals surface area contributed by atoms with Gasteiger partial charge in [-0.25, -0.2) is 4.79 Å². The Bertz CT molecular complexity index is 366. The number of amides is 1. The number of hydrogen-bond donors (Lipinski definition) is 3. The Kier molecular flexibility index (Phi) is 4.10. The van der Waals surface area contributed by atoms with Gasteiger partial charge in [-0.1, -0.05) is 13.3 Å². The summed E-state index contributed by atoms with van der Waals surface area (Å²) in [5, 5.41) is 22.1. The van der Waals surface area contributed by atoms with Crippen LogP contribution in [0.1, 0.15) is 39.0 Å². The second-order valence-corrected chi connectivity index (χ2v) is 5.56. The zero-order valence-electron chi connectivity index (χ0n) is 11.3. The maximum atomic E-state index is 12.7. The Balaban J connectivity index is 2.19. The number of aliphatic carboxylic acids is 1. The van der Waals surface area contributed by atoms with Gasteiger partial charge >= 0.3 is 5.97 Å². The summed E-state index contributed by atoms with van der Waals surface area (Å²) in [5.74, 6) is -1.19. The van der Waals surface area contributed by atoms with Gasteiger partial charge in [0.25, 0.3) is 0 Å². The second kappa shape index (κ2) is 5.46. The molecule has 0 spiro atoms. The van der Waals surface area contributed by atoms with Gasteiger partial charge in [-0.2, -0.15) is 0 Å². The van der Waals surface area contributed by atoms with Crippen LogP contribution in [0.4, 0.5) is 0 Å². The second-order valence-electron chi connectivity index (χ2n) is 5.56. The van der Waals surface area contributed by atoms with Gasteiger partial charge in [-0.3, -0.25) is 4.79 Å². The van der Waals surface area contributed by atoms with Crippen LogP contribution < -0.4 is 5.32 Å². The molecule has 1 amide bonds. The third-order valence-corrected chi connectivity index (χ3v) is 4.15. The fraction of sp³-hybridized carbons (Fsp3) is 0.846. The van der Waals surface area contributed by atoms with Crippen LogP contribution in [-0.4, -0.2) is 57.8 Å². The lowest BCUT2D eigenvalue weighted by Gasteiger charge is -2.34. The van der Waals surface area contributed by atoms with Crippen molar-refractivity contribution >= 4 is 11.9 Å². The van der Waals surface area contributed by atoms with Crippen molar-refractivity contribution in [2.75, 3.05) is 13.1 Å². The maximum Gasteiger partial charge on any atom is 0.326 e. The Labute approximate surface area is 112 Å². The molecule has 0 saturated carbocycles. The van der Waals surface area contributed by atoms with Crippen LogP contribution in [0.25, 0.3) is 0 Å². The number of β-amino-alcohol motifs (C(OH)–C–C–N with tert-alkyl or cyclic N) is 1. The fourth-order valence-electron chi connectivity index (χ4n) is 3.28. The summed E-state index contributed by atoms with van der Waals surface area (Å²) in [6.07, 6.45) is 2.66. The summed E-state index contributed by atoms with van der Waals surface area (Å²) >= 11 is 0. The van der Waals surface area contributed by atoms with E-state index in [1.54, 1.807) is 0 Å². The fourth-order valence-corrected chi connectivity index (χ4v) is 3.28. The monoisotopic (exact) mass is 270 g/mol. The molecule has 0 aromatic rings. The number of aliphatic hydroxyl groups excluding tert-OH is 1. The third-order valence-electron chi connectivity index (χ3n) is 4.15. The molecule has 2 fully saturated rings. The van der Waals surface area contributed by atoms with Gasteiger partial charge in [0.15, 0.2) is 0 Å². The van der Waals surface area contributed by atoms with E-state index in [1.165, 1.54) is 4.90 Å². The van der Waals surface area contributed by atoms with Crippen LogP contribution in [-0.2, 0) is 9.59 Å². The first-order chi connectivity index (χ1) is 9.00. The van der Waals surface area contributed by atoms with Crippen molar-refractivity contribution in [2.45, 2.75) is 56.7 Å². The molecule has 108 valence electrons. The van der Waals surface area contributed by atoms with Gasteiger partial charge in [0.05, 0.1) is 11.6 Å². The number of rotatable bonds is 4. The minimum Gasteiger partial charge on any atom is -0.480 e. The van der Waals surface area contributed by atoms with E-state index in [4.69, 9.17) is 0 Å². The van der Waals surface area contributed by atoms with E-state index in [0.29, 0.717) is 6.42 Å². The third kappa shape index (κ3) is 2.60. The predicted octanol–water partition coefficient (Wildman–Crippen LogP) is -0.0449. The van der Waals surface area contributed by atoms with Gasteiger partial charge in [-0.05, 0) is 25.8 Å². The smallest absolute Gasteiger partial charge is 0.326 e. The van der Waals surface area contributed by atoms with Crippen LogP contribution in [0, 0.1) is 0 Å². The summed E-state index contributed by atoms with van der Waals surface area (Å²) in [7, 11) is 0. The molecule has 0 bridgehead atoms. The zero-order valence-corrected chi connectivity index (χ0v) is 11.3. The Morgan fingerprint density at radius 3 is 2.74 bits per heavy atom. The van der Waals surface area contributed by atoms with Crippen molar-refractivity contribution in [3.8, 4) is 0 Å². The predicted molar refractivity (Wildman–Crippen MR) is 68.6 cm³/mol. The Morgan fingerprint density at radius 1 is 1.47 bits per heavy atom. The van der Waals surface area contributed by atoms with Gasteiger partial charge in [-0.15, -0.1) is 0 Å². The number of carbonyl (C=O) groups is 2. The average molecular weight is 270 g/mol. The number of aliphatic hydroxyl groups is 1. The number of carboxylic acids is 1. The van der Waals surface area contributed by atoms with Crippen molar-refractivity contribution in [2.24, 2.45) is 0 Å². The first kappa shape index (κ1) is 14.3. The Hall–Kier alpha value is -1.14. The maximum absolute atomic E-state index is 12.7. The minimum atomic E-state index is -1.03. The molecule has 3 atom stereocenters. The van der Waals surface area contributed by atoms with E-state index in [1.807, 2.05) is 6.92 Å². The van der Waals surface area contributed by atoms with E-state index in [2.05, 4.69) is 5.32 Å². The number of nitrogens with one attached hydrogen (secondary N) is 1. The molecule has 0 aromatic heterocycles. The topological polar surface area (TPSA) is 89.9 Å². The lowest BCUT2D eigenvalue weighted by molar-refractivity contribution is -0.151. The molecule has 3 N–H and O–H groups in total. The highest BCUT2D eigenvalue weighted by molar-refractivity contribution is 5.91. The highest BCUT2D eigenvalue weighted by atomic mass is 16.4. The van der Waals surface area contributed by atoms with Crippen LogP contribution in [0.15, 0.2) is 0 Å². The van der Waals surface area contributed by atoms with Crippen molar-refractivity contribution in [1.29, 1.82) is 0 Å². The summed E-state index contributed by atoms with van der Waals surface area (Å²) in [5.41, 5.74) is -0.619. The number of nitrogens with zero attached hydrogens (tertiary/aromatic N) is 1. The van der Waals surface area contributed by atoms with Gasteiger partial charge in [0.1, 0.15) is 6.04 Å². The van der Waals surface area contributed by atoms with Crippen molar-refractivity contribution in [1.82, 2.24) is 10.2 Å².